The molecule has 2 fully saturated rings. The molecule has 48 heavy (non-hydrogen) atoms. The molecule has 0 bridgehead atoms. The summed E-state index contributed by atoms with van der Waals surface area (Å²) in [5, 5.41) is 52.5. The number of rotatable bonds is 12. The summed E-state index contributed by atoms with van der Waals surface area (Å²) in [4.78, 5) is 86.4. The van der Waals surface area contributed by atoms with E-state index in [0.717, 1.165) is 24.4 Å². The zero-order chi connectivity index (χ0) is 34.1. The molecular weight excluding hydrogens is 720 g/mol. The maximum Gasteiger partial charge on any atom is 1.00 e. The van der Waals surface area contributed by atoms with Gasteiger partial charge in [-0.2, -0.15) is 0 Å². The third-order valence-corrected chi connectivity index (χ3v) is 9.23. The fourth-order valence-corrected chi connectivity index (χ4v) is 6.56. The van der Waals surface area contributed by atoms with E-state index < -0.39 is 120 Å². The zero-order valence-electron chi connectivity index (χ0n) is 24.9. The number of phosphoric acid groups is 2. The number of aromatic amines is 1. The van der Waals surface area contributed by atoms with Crippen LogP contribution in [0.25, 0.3) is 0 Å². The minimum atomic E-state index is -6.12. The van der Waals surface area contributed by atoms with Crippen molar-refractivity contribution in [1.29, 1.82) is 0 Å². The fraction of sp³-hybridized carbons (Fsp3) is 0.571. The monoisotopic (exact) mass is 746 g/mol. The standard InChI is InChI=1S/C21H28N4O19P2.2Na/c26-6-8-15(31)17(33)14(22-11(28)5-25-12(29)1-2-13(25)30)20(42-8)43-46(38,39)44-45(36,37)40-7-9-16(32)18(34)19(41-9)24-4-3-10(27)23-21(24)35;;/h1-4,8-9,14-20,26,31-34H,5-7H2,(H,22,28)(H,36,37)(H,38,39)(H,23,27,35);;/q;2*+1/p-2. The van der Waals surface area contributed by atoms with Crippen molar-refractivity contribution in [3.63, 3.8) is 0 Å². The van der Waals surface area contributed by atoms with Gasteiger partial charge in [0.15, 0.2) is 12.5 Å². The summed E-state index contributed by atoms with van der Waals surface area (Å²) in [6, 6.07) is -1.14. The van der Waals surface area contributed by atoms with E-state index in [4.69, 9.17) is 9.47 Å². The molecule has 0 aliphatic carbocycles. The number of aliphatic hydroxyl groups is 5. The van der Waals surface area contributed by atoms with E-state index in [-0.39, 0.29) is 59.1 Å². The molecule has 0 radical (unpaired) electrons. The van der Waals surface area contributed by atoms with Gasteiger partial charge in [-0.1, -0.05) is 0 Å². The number of imide groups is 1. The van der Waals surface area contributed by atoms with Crippen LogP contribution in [0, 0.1) is 0 Å². The number of carbonyl (C=O) groups excluding carboxylic acids is 3. The first kappa shape index (κ1) is 43.2. The van der Waals surface area contributed by atoms with Gasteiger partial charge in [0.1, 0.15) is 49.2 Å². The van der Waals surface area contributed by atoms with Crippen molar-refractivity contribution in [2.24, 2.45) is 0 Å². The summed E-state index contributed by atoms with van der Waals surface area (Å²) in [7, 11) is -12.1. The molecule has 7 N–H and O–H groups in total. The van der Waals surface area contributed by atoms with E-state index in [2.05, 4.69) is 13.4 Å². The molecule has 23 nitrogen and oxygen atoms in total. The van der Waals surface area contributed by atoms with Crippen LogP contribution in [-0.2, 0) is 46.3 Å². The van der Waals surface area contributed by atoms with Crippen molar-refractivity contribution in [2.45, 2.75) is 55.2 Å². The van der Waals surface area contributed by atoms with Crippen molar-refractivity contribution in [3.05, 3.63) is 45.3 Å². The second-order valence-corrected chi connectivity index (χ2v) is 12.7. The van der Waals surface area contributed by atoms with Crippen LogP contribution in [0.3, 0.4) is 0 Å². The van der Waals surface area contributed by atoms with E-state index >= 15 is 0 Å². The molecular formula is C21H26N4Na2O19P2. The Hall–Kier alpha value is -0.990. The number of hydrogen-bond acceptors (Lipinski definition) is 19. The van der Waals surface area contributed by atoms with Crippen LogP contribution < -0.4 is 85.5 Å². The number of carbonyl (C=O) groups is 3. The molecule has 2 saturated heterocycles. The van der Waals surface area contributed by atoms with Gasteiger partial charge in [-0.3, -0.25) is 47.3 Å². The molecule has 1 aromatic rings. The predicted octanol–water partition coefficient (Wildman–Crippen LogP) is -13.0. The van der Waals surface area contributed by atoms with Crippen LogP contribution in [0.4, 0.5) is 0 Å². The topological polar surface area (TPSA) is 349 Å². The molecule has 256 valence electrons. The Balaban J connectivity index is 0.00000400. The smallest absolute Gasteiger partial charge is 0.756 e. The third-order valence-electron chi connectivity index (χ3n) is 6.70. The van der Waals surface area contributed by atoms with E-state index in [1.807, 2.05) is 10.3 Å². The zero-order valence-corrected chi connectivity index (χ0v) is 30.7. The first-order valence-corrected chi connectivity index (χ1v) is 15.8. The molecule has 3 aliphatic heterocycles. The van der Waals surface area contributed by atoms with Gasteiger partial charge in [0.05, 0.1) is 13.2 Å². The summed E-state index contributed by atoms with van der Waals surface area (Å²) >= 11 is 0. The Labute approximate surface area is 312 Å². The number of phosphoric ester groups is 2. The van der Waals surface area contributed by atoms with Gasteiger partial charge >= 0.3 is 64.8 Å². The van der Waals surface area contributed by atoms with Gasteiger partial charge in [-0.15, -0.1) is 0 Å². The molecule has 1 aromatic heterocycles. The van der Waals surface area contributed by atoms with E-state index in [9.17, 15) is 68.4 Å². The first-order valence-electron chi connectivity index (χ1n) is 12.9. The Morgan fingerprint density at radius 2 is 1.54 bits per heavy atom. The van der Waals surface area contributed by atoms with Crippen molar-refractivity contribution < 1.29 is 141 Å². The Bertz CT molecular complexity index is 1570. The summed E-state index contributed by atoms with van der Waals surface area (Å²) in [5.41, 5.74) is -1.84. The number of nitrogens with one attached hydrogen (secondary N) is 2. The van der Waals surface area contributed by atoms with Gasteiger partial charge in [-0.25, -0.2) is 9.11 Å². The van der Waals surface area contributed by atoms with Crippen LogP contribution in [0.5, 0.6) is 0 Å². The Morgan fingerprint density at radius 1 is 0.938 bits per heavy atom. The summed E-state index contributed by atoms with van der Waals surface area (Å²) in [6.07, 6.45) is -12.7. The molecule has 0 aromatic carbocycles. The molecule has 27 heteroatoms. The van der Waals surface area contributed by atoms with Crippen LogP contribution in [-0.4, -0.2) is 126 Å². The number of ether oxygens (including phenoxy) is 2. The largest absolute Gasteiger partial charge is 1.00 e. The predicted molar refractivity (Wildman–Crippen MR) is 136 cm³/mol. The third kappa shape index (κ3) is 10.3. The molecule has 0 spiro atoms. The average Bonchev–Trinajstić information content (AvgIpc) is 3.43. The van der Waals surface area contributed by atoms with E-state index in [1.54, 1.807) is 0 Å². The maximum atomic E-state index is 12.5. The van der Waals surface area contributed by atoms with E-state index in [0.29, 0.717) is 9.47 Å². The van der Waals surface area contributed by atoms with Crippen LogP contribution >= 0.6 is 15.6 Å². The molecule has 0 saturated carbocycles. The second kappa shape index (κ2) is 17.5. The molecule has 11 unspecified atom stereocenters. The summed E-state index contributed by atoms with van der Waals surface area (Å²) < 4.78 is 48.8. The Kier molecular flexibility index (Phi) is 15.7. The first-order chi connectivity index (χ1) is 21.4. The van der Waals surface area contributed by atoms with Crippen LogP contribution in [0.2, 0.25) is 0 Å². The van der Waals surface area contributed by atoms with Crippen molar-refractivity contribution in [2.75, 3.05) is 19.8 Å². The molecule has 3 amide bonds. The quantitative estimate of drug-likeness (QED) is 0.0593. The molecule has 4 heterocycles. The second-order valence-electron chi connectivity index (χ2n) is 9.84. The molecule has 3 aliphatic rings. The number of nitrogens with zero attached hydrogens (tertiary/aromatic N) is 2. The van der Waals surface area contributed by atoms with Crippen molar-refractivity contribution in [1.82, 2.24) is 19.8 Å². The number of aromatic nitrogens is 2. The SMILES string of the molecule is O=C(CN1C(=O)C=CC1=O)NC1C(OP(=O)([O-])OP(=O)([O-])OCC2OC(n3ccc(=O)[nH]c3=O)C(O)C2O)OC(CO)C(O)C1O.[Na+].[Na+]. The number of aliphatic hydroxyl groups excluding tert-OH is 5. The average molecular weight is 746 g/mol. The van der Waals surface area contributed by atoms with Crippen molar-refractivity contribution >= 4 is 33.4 Å². The van der Waals surface area contributed by atoms with Gasteiger partial charge in [0.2, 0.25) is 5.91 Å². The molecule has 4 rings (SSSR count). The van der Waals surface area contributed by atoms with E-state index in [1.165, 1.54) is 0 Å². The van der Waals surface area contributed by atoms with Gasteiger partial charge < -0.3 is 54.6 Å². The van der Waals surface area contributed by atoms with Gasteiger partial charge in [-0.05, 0) is 0 Å². The fourth-order valence-electron chi connectivity index (χ4n) is 4.47. The minimum absolute atomic E-state index is 0. The van der Waals surface area contributed by atoms with Gasteiger partial charge in [0, 0.05) is 24.4 Å². The maximum absolute atomic E-state index is 12.5. The summed E-state index contributed by atoms with van der Waals surface area (Å²) in [5.74, 6) is -2.94. The number of amides is 3. The van der Waals surface area contributed by atoms with Crippen LogP contribution in [0.15, 0.2) is 34.0 Å². The Morgan fingerprint density at radius 3 is 2.12 bits per heavy atom. The number of hydrogen-bond donors (Lipinski definition) is 7. The van der Waals surface area contributed by atoms with Crippen LogP contribution in [0.1, 0.15) is 6.23 Å². The minimum Gasteiger partial charge on any atom is -0.756 e. The normalized spacial score (nSPS) is 32.6. The molecule has 11 atom stereocenters. The summed E-state index contributed by atoms with van der Waals surface area (Å²) in [6.45, 7) is -3.15. The van der Waals surface area contributed by atoms with Gasteiger partial charge in [0.25, 0.3) is 33.0 Å². The van der Waals surface area contributed by atoms with Crippen molar-refractivity contribution in [3.8, 4) is 0 Å². The number of H-pyrrole nitrogens is 1.